The Morgan fingerprint density at radius 3 is 2.82 bits per heavy atom. The van der Waals surface area contributed by atoms with Crippen LogP contribution in [0.4, 0.5) is 9.93 Å². The average molecular weight is 403 g/mol. The lowest BCUT2D eigenvalue weighted by Gasteiger charge is -2.34. The molecule has 8 heteroatoms. The van der Waals surface area contributed by atoms with E-state index in [1.807, 2.05) is 39.0 Å². The molecular formula is C20H26N4O3S. The van der Waals surface area contributed by atoms with Crippen LogP contribution in [0, 0.1) is 0 Å². The summed E-state index contributed by atoms with van der Waals surface area (Å²) in [6, 6.07) is 5.91. The van der Waals surface area contributed by atoms with E-state index in [0.29, 0.717) is 18.2 Å². The van der Waals surface area contributed by atoms with Gasteiger partial charge in [0.15, 0.2) is 5.13 Å². The van der Waals surface area contributed by atoms with Crippen molar-refractivity contribution in [1.82, 2.24) is 14.9 Å². The summed E-state index contributed by atoms with van der Waals surface area (Å²) in [5.41, 5.74) is 1.28. The standard InChI is InChI=1S/C20H26N4O3S/c1-13(25)22-18-21-11-17(28-18)16-9-5-8-15(23-16)14-7-6-10-24(12-14)19(26)27-20(2,3)4/h5,8-9,11,14H,6-7,10,12H2,1-4H3,(H,21,22,25)/t14-/m0/s1. The zero-order valence-electron chi connectivity index (χ0n) is 16.7. The Morgan fingerprint density at radius 1 is 1.32 bits per heavy atom. The van der Waals surface area contributed by atoms with Crippen LogP contribution in [0.2, 0.25) is 0 Å². The second-order valence-electron chi connectivity index (χ2n) is 7.92. The van der Waals surface area contributed by atoms with Crippen molar-refractivity contribution in [2.75, 3.05) is 18.4 Å². The number of rotatable bonds is 3. The number of anilines is 1. The van der Waals surface area contributed by atoms with Crippen LogP contribution in [-0.4, -0.2) is 45.6 Å². The molecule has 0 unspecified atom stereocenters. The number of hydrogen-bond donors (Lipinski definition) is 1. The van der Waals surface area contributed by atoms with Gasteiger partial charge in [-0.3, -0.25) is 9.78 Å². The summed E-state index contributed by atoms with van der Waals surface area (Å²) in [4.78, 5) is 35.3. The first-order valence-corrected chi connectivity index (χ1v) is 10.2. The Kier molecular flexibility index (Phi) is 5.98. The van der Waals surface area contributed by atoms with Gasteiger partial charge in [-0.25, -0.2) is 9.78 Å². The van der Waals surface area contributed by atoms with Gasteiger partial charge in [-0.2, -0.15) is 0 Å². The van der Waals surface area contributed by atoms with Crippen LogP contribution in [0.1, 0.15) is 52.1 Å². The molecule has 0 radical (unpaired) electrons. The van der Waals surface area contributed by atoms with Crippen LogP contribution in [0.15, 0.2) is 24.4 Å². The molecule has 150 valence electrons. The van der Waals surface area contributed by atoms with Gasteiger partial charge < -0.3 is 15.0 Å². The third-order valence-electron chi connectivity index (χ3n) is 4.30. The maximum absolute atomic E-state index is 12.4. The lowest BCUT2D eigenvalue weighted by Crippen LogP contribution is -2.42. The highest BCUT2D eigenvalue weighted by atomic mass is 32.1. The lowest BCUT2D eigenvalue weighted by atomic mass is 9.94. The van der Waals surface area contributed by atoms with Crippen LogP contribution in [0.5, 0.6) is 0 Å². The highest BCUT2D eigenvalue weighted by molar-refractivity contribution is 7.19. The van der Waals surface area contributed by atoms with E-state index in [1.54, 1.807) is 11.1 Å². The fraction of sp³-hybridized carbons (Fsp3) is 0.500. The van der Waals surface area contributed by atoms with Gasteiger partial charge in [0, 0.05) is 37.8 Å². The van der Waals surface area contributed by atoms with Crippen molar-refractivity contribution in [3.05, 3.63) is 30.1 Å². The molecule has 2 aromatic heterocycles. The summed E-state index contributed by atoms with van der Waals surface area (Å²) in [7, 11) is 0. The molecule has 1 fully saturated rings. The molecule has 0 spiro atoms. The molecule has 1 aliphatic rings. The second-order valence-corrected chi connectivity index (χ2v) is 8.95. The number of aromatic nitrogens is 2. The molecule has 2 aromatic rings. The van der Waals surface area contributed by atoms with E-state index >= 15 is 0 Å². The van der Waals surface area contributed by atoms with Crippen molar-refractivity contribution in [2.45, 2.75) is 52.1 Å². The topological polar surface area (TPSA) is 84.4 Å². The molecule has 2 amide bonds. The Balaban J connectivity index is 1.73. The SMILES string of the molecule is CC(=O)Nc1ncc(-c2cccc([C@H]3CCCN(C(=O)OC(C)(C)C)C3)n2)s1. The van der Waals surface area contributed by atoms with Gasteiger partial charge in [0.05, 0.1) is 10.6 Å². The summed E-state index contributed by atoms with van der Waals surface area (Å²) in [5, 5.41) is 3.25. The van der Waals surface area contributed by atoms with Gasteiger partial charge in [0.25, 0.3) is 0 Å². The van der Waals surface area contributed by atoms with Crippen LogP contribution in [0.25, 0.3) is 10.6 Å². The molecule has 0 bridgehead atoms. The number of hydrogen-bond acceptors (Lipinski definition) is 6. The third-order valence-corrected chi connectivity index (χ3v) is 5.24. The predicted molar refractivity (Wildman–Crippen MR) is 109 cm³/mol. The summed E-state index contributed by atoms with van der Waals surface area (Å²) in [6.07, 6.45) is 3.35. The molecule has 0 saturated carbocycles. The number of carbonyl (C=O) groups is 2. The minimum atomic E-state index is -0.500. The minimum Gasteiger partial charge on any atom is -0.444 e. The summed E-state index contributed by atoms with van der Waals surface area (Å²) in [5.74, 6) is 0.0241. The first-order chi connectivity index (χ1) is 13.2. The monoisotopic (exact) mass is 402 g/mol. The van der Waals surface area contributed by atoms with E-state index in [2.05, 4.69) is 10.3 Å². The first kappa shape index (κ1) is 20.3. The molecule has 0 aliphatic carbocycles. The van der Waals surface area contributed by atoms with Crippen LogP contribution >= 0.6 is 11.3 Å². The third kappa shape index (κ3) is 5.28. The van der Waals surface area contributed by atoms with Crippen molar-refractivity contribution >= 4 is 28.5 Å². The Labute approximate surface area is 169 Å². The smallest absolute Gasteiger partial charge is 0.410 e. The predicted octanol–water partition coefficient (Wildman–Crippen LogP) is 4.28. The van der Waals surface area contributed by atoms with Crippen molar-refractivity contribution in [3.8, 4) is 10.6 Å². The van der Waals surface area contributed by atoms with Gasteiger partial charge in [0.2, 0.25) is 5.91 Å². The summed E-state index contributed by atoms with van der Waals surface area (Å²) < 4.78 is 5.51. The van der Waals surface area contributed by atoms with Crippen molar-refractivity contribution in [3.63, 3.8) is 0 Å². The highest BCUT2D eigenvalue weighted by Gasteiger charge is 2.29. The van der Waals surface area contributed by atoms with Gasteiger partial charge in [-0.1, -0.05) is 17.4 Å². The Bertz CT molecular complexity index is 859. The van der Waals surface area contributed by atoms with E-state index in [4.69, 9.17) is 9.72 Å². The molecular weight excluding hydrogens is 376 g/mol. The van der Waals surface area contributed by atoms with Crippen LogP contribution < -0.4 is 5.32 Å². The lowest BCUT2D eigenvalue weighted by molar-refractivity contribution is -0.114. The fourth-order valence-corrected chi connectivity index (χ4v) is 3.96. The molecule has 7 nitrogen and oxygen atoms in total. The number of piperidine rings is 1. The Morgan fingerprint density at radius 2 is 2.11 bits per heavy atom. The molecule has 1 N–H and O–H groups in total. The number of ether oxygens (including phenoxy) is 1. The Hall–Kier alpha value is -2.48. The molecule has 3 rings (SSSR count). The largest absolute Gasteiger partial charge is 0.444 e. The van der Waals surface area contributed by atoms with E-state index in [0.717, 1.165) is 29.1 Å². The first-order valence-electron chi connectivity index (χ1n) is 9.40. The maximum atomic E-state index is 12.4. The number of nitrogens with one attached hydrogen (secondary N) is 1. The summed E-state index contributed by atoms with van der Waals surface area (Å²) in [6.45, 7) is 8.40. The number of amides is 2. The maximum Gasteiger partial charge on any atom is 0.410 e. The zero-order chi connectivity index (χ0) is 20.3. The number of pyridine rings is 1. The minimum absolute atomic E-state index is 0.146. The van der Waals surface area contributed by atoms with Crippen LogP contribution in [0.3, 0.4) is 0 Å². The van der Waals surface area contributed by atoms with Crippen molar-refractivity contribution in [1.29, 1.82) is 0 Å². The molecule has 28 heavy (non-hydrogen) atoms. The van der Waals surface area contributed by atoms with Gasteiger partial charge in [0.1, 0.15) is 5.60 Å². The quantitative estimate of drug-likeness (QED) is 0.828. The van der Waals surface area contributed by atoms with Gasteiger partial charge in [-0.15, -0.1) is 0 Å². The fourth-order valence-electron chi connectivity index (χ4n) is 3.13. The molecule has 1 atom stereocenters. The number of carbonyl (C=O) groups excluding carboxylic acids is 2. The van der Waals surface area contributed by atoms with E-state index in [9.17, 15) is 9.59 Å². The molecule has 1 aliphatic heterocycles. The van der Waals surface area contributed by atoms with Gasteiger partial charge in [-0.05, 0) is 45.7 Å². The number of nitrogens with zero attached hydrogens (tertiary/aromatic N) is 3. The molecule has 0 aromatic carbocycles. The summed E-state index contributed by atoms with van der Waals surface area (Å²) >= 11 is 1.39. The van der Waals surface area contributed by atoms with Crippen LogP contribution in [-0.2, 0) is 9.53 Å². The van der Waals surface area contributed by atoms with Gasteiger partial charge >= 0.3 is 6.09 Å². The average Bonchev–Trinajstić information content (AvgIpc) is 3.08. The van der Waals surface area contributed by atoms with E-state index in [-0.39, 0.29) is 17.9 Å². The van der Waals surface area contributed by atoms with E-state index in [1.165, 1.54) is 18.3 Å². The zero-order valence-corrected chi connectivity index (χ0v) is 17.5. The van der Waals surface area contributed by atoms with Crippen molar-refractivity contribution < 1.29 is 14.3 Å². The molecule has 1 saturated heterocycles. The molecule has 3 heterocycles. The number of thiazole rings is 1. The van der Waals surface area contributed by atoms with Crippen molar-refractivity contribution in [2.24, 2.45) is 0 Å². The second kappa shape index (κ2) is 8.26. The highest BCUT2D eigenvalue weighted by Crippen LogP contribution is 2.31. The van der Waals surface area contributed by atoms with E-state index < -0.39 is 5.60 Å². The normalized spacial score (nSPS) is 17.3. The number of likely N-dealkylation sites (tertiary alicyclic amines) is 1.